The highest BCUT2D eigenvalue weighted by Gasteiger charge is 2.43. The van der Waals surface area contributed by atoms with Gasteiger partial charge in [0.15, 0.2) is 5.79 Å². The molecular formula is C36H50N4O8. The van der Waals surface area contributed by atoms with E-state index >= 15 is 0 Å². The monoisotopic (exact) mass is 666 g/mol. The number of ether oxygens (including phenoxy) is 2. The summed E-state index contributed by atoms with van der Waals surface area (Å²) in [7, 11) is 0. The number of nitrogens with zero attached hydrogens (tertiary/aromatic N) is 2. The van der Waals surface area contributed by atoms with Crippen molar-refractivity contribution in [2.24, 2.45) is 17.3 Å². The molecule has 12 heteroatoms. The minimum absolute atomic E-state index is 0.0428. The van der Waals surface area contributed by atoms with Gasteiger partial charge in [0.05, 0.1) is 35.9 Å². The summed E-state index contributed by atoms with van der Waals surface area (Å²) in [5, 5.41) is 24.3. The first kappa shape index (κ1) is 37.1. The topological polar surface area (TPSA) is 167 Å². The van der Waals surface area contributed by atoms with Gasteiger partial charge in [0.25, 0.3) is 5.91 Å². The van der Waals surface area contributed by atoms with Crippen LogP contribution in [0.3, 0.4) is 0 Å². The van der Waals surface area contributed by atoms with Crippen LogP contribution >= 0.6 is 0 Å². The van der Waals surface area contributed by atoms with Crippen molar-refractivity contribution >= 4 is 40.5 Å². The van der Waals surface area contributed by atoms with E-state index in [1.807, 2.05) is 64.1 Å². The zero-order valence-corrected chi connectivity index (χ0v) is 28.8. The smallest absolute Gasteiger partial charge is 0.322 e. The molecule has 2 saturated heterocycles. The molecule has 2 aliphatic heterocycles. The van der Waals surface area contributed by atoms with Gasteiger partial charge in [-0.3, -0.25) is 29.2 Å². The average Bonchev–Trinajstić information content (AvgIpc) is 3.05. The van der Waals surface area contributed by atoms with Crippen molar-refractivity contribution in [1.82, 2.24) is 20.7 Å². The van der Waals surface area contributed by atoms with E-state index in [2.05, 4.69) is 15.7 Å². The Morgan fingerprint density at radius 2 is 1.79 bits per heavy atom. The molecule has 2 amide bonds. The number of aromatic nitrogens is 1. The first-order valence-electron chi connectivity index (χ1n) is 16.8. The lowest BCUT2D eigenvalue weighted by Gasteiger charge is -2.41. The first-order valence-corrected chi connectivity index (χ1v) is 16.8. The van der Waals surface area contributed by atoms with E-state index in [1.54, 1.807) is 19.9 Å². The van der Waals surface area contributed by atoms with Crippen LogP contribution in [-0.4, -0.2) is 81.4 Å². The molecule has 4 N–H and O–H groups in total. The van der Waals surface area contributed by atoms with E-state index in [-0.39, 0.29) is 37.2 Å². The molecular weight excluding hydrogens is 616 g/mol. The van der Waals surface area contributed by atoms with Crippen LogP contribution in [-0.2, 0) is 28.7 Å². The van der Waals surface area contributed by atoms with E-state index in [0.717, 1.165) is 16.5 Å². The van der Waals surface area contributed by atoms with Crippen molar-refractivity contribution in [2.45, 2.75) is 97.6 Å². The molecule has 0 saturated carbocycles. The van der Waals surface area contributed by atoms with Crippen molar-refractivity contribution in [3.63, 3.8) is 0 Å². The molecule has 2 aliphatic rings. The predicted octanol–water partition coefficient (Wildman–Crippen LogP) is 4.17. The summed E-state index contributed by atoms with van der Waals surface area (Å²) in [5.41, 5.74) is 3.87. The molecule has 0 unspecified atom stereocenters. The number of hydrazine groups is 1. The molecule has 1 aromatic carbocycles. The maximum atomic E-state index is 13.9. The molecule has 12 nitrogen and oxygen atoms in total. The van der Waals surface area contributed by atoms with Crippen LogP contribution in [0.2, 0.25) is 0 Å². The number of fused-ring (bicyclic) bond motifs is 1. The van der Waals surface area contributed by atoms with Gasteiger partial charge in [-0.1, -0.05) is 44.2 Å². The summed E-state index contributed by atoms with van der Waals surface area (Å²) >= 11 is 0. The van der Waals surface area contributed by atoms with Gasteiger partial charge in [0, 0.05) is 24.3 Å². The number of aliphatic hydroxyl groups is 1. The van der Waals surface area contributed by atoms with Crippen LogP contribution < -0.4 is 10.7 Å². The fraction of sp³-hybridized carbons (Fsp3) is 0.583. The third-order valence-electron chi connectivity index (χ3n) is 9.21. The van der Waals surface area contributed by atoms with Crippen LogP contribution in [0.25, 0.3) is 17.0 Å². The number of aliphatic carboxylic acids is 1. The van der Waals surface area contributed by atoms with Crippen LogP contribution in [0.1, 0.15) is 91.0 Å². The summed E-state index contributed by atoms with van der Waals surface area (Å²) in [6, 6.07) is 7.82. The standard InChI is InChI=1S/C36H50N4O8/c1-22(2)27(32(43)37-23(3)33(44)40-18-8-10-29(39-40)34(45)46)9-7-11-31(42)36(20-47-35(5,6)48-21-36)17-16-25-12-13-26-14-15-28(24(4)41)38-30(26)19-25/h12-17,19,22-24,27,29,39,41H,7-11,18,20-21H2,1-6H3,(H,37,43)(H,45,46)/b17-16+/t23-,24+,27-,29-/m0/s1. The quantitative estimate of drug-likeness (QED) is 0.244. The Kier molecular flexibility index (Phi) is 12.1. The summed E-state index contributed by atoms with van der Waals surface area (Å²) in [5.74, 6) is -3.06. The summed E-state index contributed by atoms with van der Waals surface area (Å²) in [6.45, 7) is 11.4. The van der Waals surface area contributed by atoms with Gasteiger partial charge >= 0.3 is 5.97 Å². The fourth-order valence-corrected chi connectivity index (χ4v) is 6.02. The fourth-order valence-electron chi connectivity index (χ4n) is 6.02. The van der Waals surface area contributed by atoms with Crippen molar-refractivity contribution in [3.05, 3.63) is 47.7 Å². The maximum absolute atomic E-state index is 13.9. The number of pyridine rings is 1. The van der Waals surface area contributed by atoms with E-state index in [0.29, 0.717) is 37.9 Å². The Morgan fingerprint density at radius 1 is 1.10 bits per heavy atom. The highest BCUT2D eigenvalue weighted by molar-refractivity contribution is 5.90. The molecule has 2 fully saturated rings. The highest BCUT2D eigenvalue weighted by Crippen LogP contribution is 2.35. The second-order valence-electron chi connectivity index (χ2n) is 13.9. The molecule has 4 atom stereocenters. The predicted molar refractivity (Wildman–Crippen MR) is 180 cm³/mol. The molecule has 262 valence electrons. The Labute approximate surface area is 282 Å². The van der Waals surface area contributed by atoms with Crippen molar-refractivity contribution in [3.8, 4) is 0 Å². The molecule has 0 aliphatic carbocycles. The Bertz CT molecular complexity index is 1510. The van der Waals surface area contributed by atoms with Crippen molar-refractivity contribution in [1.29, 1.82) is 0 Å². The van der Waals surface area contributed by atoms with Gasteiger partial charge < -0.3 is 25.0 Å². The van der Waals surface area contributed by atoms with Gasteiger partial charge in [0.2, 0.25) is 5.91 Å². The average molecular weight is 667 g/mol. The van der Waals surface area contributed by atoms with Crippen LogP contribution in [0, 0.1) is 17.3 Å². The van der Waals surface area contributed by atoms with Crippen LogP contribution in [0.5, 0.6) is 0 Å². The van der Waals surface area contributed by atoms with Gasteiger partial charge in [0.1, 0.15) is 17.9 Å². The Morgan fingerprint density at radius 3 is 2.44 bits per heavy atom. The summed E-state index contributed by atoms with van der Waals surface area (Å²) < 4.78 is 11.9. The van der Waals surface area contributed by atoms with Gasteiger partial charge in [-0.2, -0.15) is 0 Å². The molecule has 3 heterocycles. The lowest BCUT2D eigenvalue weighted by atomic mass is 9.80. The second kappa shape index (κ2) is 15.7. The minimum Gasteiger partial charge on any atom is -0.480 e. The van der Waals surface area contributed by atoms with E-state index in [4.69, 9.17) is 9.47 Å². The van der Waals surface area contributed by atoms with Crippen LogP contribution in [0.15, 0.2) is 36.4 Å². The number of aliphatic hydroxyl groups excluding tert-OH is 1. The second-order valence-corrected chi connectivity index (χ2v) is 13.9. The number of carboxylic acid groups (broad SMARTS) is 1. The lowest BCUT2D eigenvalue weighted by molar-refractivity contribution is -0.271. The van der Waals surface area contributed by atoms with E-state index in [1.165, 1.54) is 5.01 Å². The third-order valence-corrected chi connectivity index (χ3v) is 9.21. The zero-order valence-electron chi connectivity index (χ0n) is 28.8. The minimum atomic E-state index is -1.02. The number of carbonyl (C=O) groups excluding carboxylic acids is 3. The number of Topliss-reactive ketones (excluding diaryl/α,β-unsaturated/α-hetero) is 1. The number of benzene rings is 1. The number of amides is 2. The molecule has 0 radical (unpaired) electrons. The largest absolute Gasteiger partial charge is 0.480 e. The van der Waals surface area contributed by atoms with Gasteiger partial charge in [-0.05, 0) is 77.0 Å². The van der Waals surface area contributed by atoms with Gasteiger partial charge in [-0.15, -0.1) is 0 Å². The number of hydrogen-bond acceptors (Lipinski definition) is 9. The Balaban J connectivity index is 1.41. The number of rotatable bonds is 13. The third kappa shape index (κ3) is 9.25. The normalized spacial score (nSPS) is 21.2. The van der Waals surface area contributed by atoms with E-state index in [9.17, 15) is 29.4 Å². The summed E-state index contributed by atoms with van der Waals surface area (Å²) in [6.07, 6.45) is 5.09. The van der Waals surface area contributed by atoms with Gasteiger partial charge in [-0.25, -0.2) is 5.43 Å². The van der Waals surface area contributed by atoms with Crippen LogP contribution in [0.4, 0.5) is 0 Å². The zero-order chi connectivity index (χ0) is 35.2. The molecule has 0 bridgehead atoms. The number of hydrogen-bond donors (Lipinski definition) is 4. The summed E-state index contributed by atoms with van der Waals surface area (Å²) in [4.78, 5) is 56.1. The lowest BCUT2D eigenvalue weighted by Crippen LogP contribution is -2.59. The number of ketones is 1. The highest BCUT2D eigenvalue weighted by atomic mass is 16.7. The Hall–Kier alpha value is -3.71. The first-order chi connectivity index (χ1) is 22.6. The molecule has 2 aromatic rings. The van der Waals surface area contributed by atoms with Crippen molar-refractivity contribution in [2.75, 3.05) is 19.8 Å². The molecule has 4 rings (SSSR count). The molecule has 1 aromatic heterocycles. The number of carboxylic acids is 1. The molecule has 0 spiro atoms. The van der Waals surface area contributed by atoms with Crippen molar-refractivity contribution < 1.29 is 38.9 Å². The molecule has 48 heavy (non-hydrogen) atoms. The maximum Gasteiger partial charge on any atom is 0.322 e. The van der Waals surface area contributed by atoms with E-state index < -0.39 is 47.2 Å². The SMILES string of the molecule is CC(C)[C@H](CCCC(=O)C1(/C=C/c2ccc3ccc([C@@H](C)O)nc3c2)COC(C)(C)OC1)C(=O)N[C@@H](C)C(=O)N1CCC[C@@H](C(=O)O)N1. The number of carbonyl (C=O) groups is 4. The number of nitrogens with one attached hydrogen (secondary N) is 2.